The number of unbranched alkanes of at least 4 members (excludes halogenated alkanes) is 2. The number of aliphatic carboxylic acids is 2. The van der Waals surface area contributed by atoms with Gasteiger partial charge in [-0.15, -0.1) is 0 Å². The third-order valence-electron chi connectivity index (χ3n) is 7.65. The molecule has 4 aromatic rings. The van der Waals surface area contributed by atoms with E-state index < -0.39 is 35.8 Å². The number of aromatic amines is 2. The Bertz CT molecular complexity index is 1490. The Kier molecular flexibility index (Phi) is 9.67. The summed E-state index contributed by atoms with van der Waals surface area (Å²) in [4.78, 5) is 55.2. The molecule has 42 heavy (non-hydrogen) atoms. The van der Waals surface area contributed by atoms with E-state index in [4.69, 9.17) is 0 Å². The normalized spacial score (nSPS) is 12.9. The monoisotopic (exact) mass is 574 g/mol. The number of aromatic nitrogens is 2. The number of rotatable bonds is 14. The molecule has 2 aromatic carbocycles. The van der Waals surface area contributed by atoms with Gasteiger partial charge in [-0.3, -0.25) is 9.59 Å². The molecule has 0 fully saturated rings. The molecule has 2 aromatic heterocycles. The number of hydrogen-bond acceptors (Lipinski definition) is 4. The van der Waals surface area contributed by atoms with Gasteiger partial charge < -0.3 is 30.8 Å². The van der Waals surface area contributed by atoms with Gasteiger partial charge in [-0.05, 0) is 29.7 Å². The van der Waals surface area contributed by atoms with Gasteiger partial charge >= 0.3 is 11.9 Å². The summed E-state index contributed by atoms with van der Waals surface area (Å²) in [5, 5.41) is 26.8. The molecule has 0 spiro atoms. The molecule has 0 unspecified atom stereocenters. The van der Waals surface area contributed by atoms with Gasteiger partial charge in [0, 0.05) is 65.8 Å². The Hall–Kier alpha value is -4.60. The predicted octanol–water partition coefficient (Wildman–Crippen LogP) is 4.63. The highest BCUT2D eigenvalue weighted by Gasteiger charge is 2.31. The molecule has 10 nitrogen and oxygen atoms in total. The Morgan fingerprint density at radius 3 is 1.52 bits per heavy atom. The molecule has 2 amide bonds. The van der Waals surface area contributed by atoms with Gasteiger partial charge in [-0.2, -0.15) is 0 Å². The predicted molar refractivity (Wildman–Crippen MR) is 160 cm³/mol. The molecule has 0 saturated heterocycles. The van der Waals surface area contributed by atoms with Crippen LogP contribution in [0.25, 0.3) is 21.8 Å². The number of H-pyrrole nitrogens is 2. The lowest BCUT2D eigenvalue weighted by Crippen LogP contribution is -2.41. The summed E-state index contributed by atoms with van der Waals surface area (Å²) >= 11 is 0. The van der Waals surface area contributed by atoms with E-state index in [0.717, 1.165) is 63.6 Å². The summed E-state index contributed by atoms with van der Waals surface area (Å²) in [6.45, 7) is 4.71. The number of amides is 2. The van der Waals surface area contributed by atoms with Crippen LogP contribution >= 0.6 is 0 Å². The molecule has 2 heterocycles. The van der Waals surface area contributed by atoms with E-state index in [1.54, 1.807) is 0 Å². The molecule has 0 aliphatic rings. The first-order valence-electron chi connectivity index (χ1n) is 14.3. The number of carbonyl (C=O) groups is 4. The number of para-hydroxylation sites is 2. The standard InChI is InChI=1S/C32H38N4O6/c1-4-5-6-13-22(29-23(16-27(31(39)40)33-18(2)37)20-11-7-9-14-25(20)35-29)30-24(17-28(32(41)42)34-19(3)38)21-12-8-10-15-26(21)36-30/h7-12,14-15,22,27-28,35-36H,4-6,13,16-17H2,1-3H3,(H,33,37)(H,34,38)(H,39,40)(H,41,42)/t27-,28-/m0/s1. The lowest BCUT2D eigenvalue weighted by molar-refractivity contribution is -0.141. The van der Waals surface area contributed by atoms with Crippen LogP contribution in [-0.2, 0) is 32.0 Å². The minimum absolute atomic E-state index is 0.0672. The van der Waals surface area contributed by atoms with Crippen LogP contribution in [0.1, 0.15) is 74.9 Å². The molecule has 222 valence electrons. The van der Waals surface area contributed by atoms with Crippen molar-refractivity contribution in [2.24, 2.45) is 0 Å². The number of carboxylic acid groups (broad SMARTS) is 2. The maximum atomic E-state index is 12.2. The Morgan fingerprint density at radius 1 is 0.714 bits per heavy atom. The van der Waals surface area contributed by atoms with Crippen molar-refractivity contribution in [2.45, 2.75) is 77.3 Å². The largest absolute Gasteiger partial charge is 0.480 e. The van der Waals surface area contributed by atoms with Crippen molar-refractivity contribution in [1.82, 2.24) is 20.6 Å². The van der Waals surface area contributed by atoms with Crippen LogP contribution in [0.3, 0.4) is 0 Å². The Morgan fingerprint density at radius 2 is 1.14 bits per heavy atom. The lowest BCUT2D eigenvalue weighted by atomic mass is 9.86. The van der Waals surface area contributed by atoms with Gasteiger partial charge in [0.15, 0.2) is 0 Å². The van der Waals surface area contributed by atoms with E-state index in [2.05, 4.69) is 27.5 Å². The van der Waals surface area contributed by atoms with E-state index in [0.29, 0.717) is 6.42 Å². The second kappa shape index (κ2) is 13.4. The molecule has 0 radical (unpaired) electrons. The van der Waals surface area contributed by atoms with E-state index in [9.17, 15) is 29.4 Å². The number of carbonyl (C=O) groups excluding carboxylic acids is 2. The van der Waals surface area contributed by atoms with Gasteiger partial charge in [0.2, 0.25) is 11.8 Å². The minimum atomic E-state index is -1.13. The molecule has 0 aliphatic heterocycles. The first-order valence-corrected chi connectivity index (χ1v) is 14.3. The van der Waals surface area contributed by atoms with E-state index >= 15 is 0 Å². The zero-order chi connectivity index (χ0) is 30.4. The molecule has 0 bridgehead atoms. The maximum Gasteiger partial charge on any atom is 0.326 e. The summed E-state index contributed by atoms with van der Waals surface area (Å²) in [7, 11) is 0. The summed E-state index contributed by atoms with van der Waals surface area (Å²) in [6.07, 6.45) is 3.71. The maximum absolute atomic E-state index is 12.2. The zero-order valence-corrected chi connectivity index (χ0v) is 24.1. The summed E-state index contributed by atoms with van der Waals surface area (Å²) < 4.78 is 0. The molecule has 10 heteroatoms. The van der Waals surface area contributed by atoms with Gasteiger partial charge in [0.05, 0.1) is 0 Å². The van der Waals surface area contributed by atoms with Crippen LogP contribution in [0, 0.1) is 0 Å². The molecular weight excluding hydrogens is 536 g/mol. The number of hydrogen-bond donors (Lipinski definition) is 6. The average molecular weight is 575 g/mol. The molecule has 0 aliphatic carbocycles. The summed E-state index contributed by atoms with van der Waals surface area (Å²) in [5.41, 5.74) is 4.90. The highest BCUT2D eigenvalue weighted by atomic mass is 16.4. The highest BCUT2D eigenvalue weighted by molar-refractivity contribution is 5.90. The van der Waals surface area contributed by atoms with Crippen molar-refractivity contribution >= 4 is 45.6 Å². The number of nitrogens with one attached hydrogen (secondary N) is 4. The first-order chi connectivity index (χ1) is 20.1. The van der Waals surface area contributed by atoms with Crippen LogP contribution in [0.15, 0.2) is 48.5 Å². The van der Waals surface area contributed by atoms with Crippen LogP contribution in [0.2, 0.25) is 0 Å². The average Bonchev–Trinajstić information content (AvgIpc) is 3.48. The van der Waals surface area contributed by atoms with Crippen molar-refractivity contribution in [3.05, 3.63) is 71.0 Å². The summed E-state index contributed by atoms with van der Waals surface area (Å²) in [5.74, 6) is -3.39. The number of benzene rings is 2. The molecule has 6 N–H and O–H groups in total. The lowest BCUT2D eigenvalue weighted by Gasteiger charge is -2.22. The molecular formula is C32H38N4O6. The van der Waals surface area contributed by atoms with Crippen LogP contribution < -0.4 is 10.6 Å². The fraction of sp³-hybridized carbons (Fsp3) is 0.375. The fourth-order valence-corrected chi connectivity index (χ4v) is 5.81. The van der Waals surface area contributed by atoms with Crippen molar-refractivity contribution < 1.29 is 29.4 Å². The second-order valence-corrected chi connectivity index (χ2v) is 10.8. The SMILES string of the molecule is CCCCCC(c1[nH]c2ccccc2c1C[C@H](NC(C)=O)C(=O)O)c1[nH]c2ccccc2c1C[C@H](NC(C)=O)C(=O)O. The quantitative estimate of drug-likeness (QED) is 0.120. The van der Waals surface area contributed by atoms with Gasteiger partial charge in [0.25, 0.3) is 0 Å². The molecule has 0 saturated carbocycles. The third kappa shape index (κ3) is 6.82. The van der Waals surface area contributed by atoms with Gasteiger partial charge in [0.1, 0.15) is 12.1 Å². The van der Waals surface area contributed by atoms with E-state index in [1.165, 1.54) is 13.8 Å². The molecule has 2 atom stereocenters. The summed E-state index contributed by atoms with van der Waals surface area (Å²) in [6, 6.07) is 13.1. The van der Waals surface area contributed by atoms with Crippen molar-refractivity contribution in [3.8, 4) is 0 Å². The van der Waals surface area contributed by atoms with Crippen LogP contribution in [0.4, 0.5) is 0 Å². The van der Waals surface area contributed by atoms with E-state index in [-0.39, 0.29) is 18.8 Å². The van der Waals surface area contributed by atoms with Crippen molar-refractivity contribution in [3.63, 3.8) is 0 Å². The van der Waals surface area contributed by atoms with Gasteiger partial charge in [-0.1, -0.05) is 62.6 Å². The Labute approximate surface area is 243 Å². The van der Waals surface area contributed by atoms with Crippen molar-refractivity contribution in [2.75, 3.05) is 0 Å². The van der Waals surface area contributed by atoms with E-state index in [1.807, 2.05) is 48.5 Å². The highest BCUT2D eigenvalue weighted by Crippen LogP contribution is 2.39. The van der Waals surface area contributed by atoms with Crippen molar-refractivity contribution in [1.29, 1.82) is 0 Å². The van der Waals surface area contributed by atoms with Crippen LogP contribution in [0.5, 0.6) is 0 Å². The minimum Gasteiger partial charge on any atom is -0.480 e. The van der Waals surface area contributed by atoms with Crippen LogP contribution in [-0.4, -0.2) is 56.0 Å². The second-order valence-electron chi connectivity index (χ2n) is 10.8. The smallest absolute Gasteiger partial charge is 0.326 e. The molecule has 4 rings (SSSR count). The number of fused-ring (bicyclic) bond motifs is 2. The fourth-order valence-electron chi connectivity index (χ4n) is 5.81. The first kappa shape index (κ1) is 30.4. The third-order valence-corrected chi connectivity index (χ3v) is 7.65. The topological polar surface area (TPSA) is 164 Å². The number of carboxylic acids is 2. The Balaban J connectivity index is 1.93. The van der Waals surface area contributed by atoms with Gasteiger partial charge in [-0.25, -0.2) is 9.59 Å². The zero-order valence-electron chi connectivity index (χ0n) is 24.1.